The van der Waals surface area contributed by atoms with Gasteiger partial charge in [-0.1, -0.05) is 12.1 Å². The van der Waals surface area contributed by atoms with E-state index in [1.807, 2.05) is 30.3 Å². The minimum Gasteiger partial charge on any atom is -0.467 e. The molecule has 0 saturated carbocycles. The van der Waals surface area contributed by atoms with Gasteiger partial charge in [-0.25, -0.2) is 0 Å². The number of hydrogen-bond donors (Lipinski definition) is 2. The molecule has 0 amide bonds. The highest BCUT2D eigenvalue weighted by Gasteiger charge is 2.01. The topological polar surface area (TPSA) is 73.3 Å². The highest BCUT2D eigenvalue weighted by molar-refractivity contribution is 14.0. The van der Waals surface area contributed by atoms with E-state index in [0.717, 1.165) is 11.3 Å². The van der Waals surface area contributed by atoms with Crippen LogP contribution in [0.5, 0.6) is 0 Å². The number of hydrogen-bond acceptors (Lipinski definition) is 3. The number of benzene rings is 1. The fourth-order valence-corrected chi connectivity index (χ4v) is 1.74. The first-order valence-electron chi connectivity index (χ1n) is 6.28. The summed E-state index contributed by atoms with van der Waals surface area (Å²) in [4.78, 5) is 4.13. The summed E-state index contributed by atoms with van der Waals surface area (Å²) < 4.78 is 5.24. The van der Waals surface area contributed by atoms with E-state index >= 15 is 0 Å². The van der Waals surface area contributed by atoms with Crippen molar-refractivity contribution in [2.75, 3.05) is 7.05 Å². The lowest BCUT2D eigenvalue weighted by Crippen LogP contribution is -2.36. The fourth-order valence-electron chi connectivity index (χ4n) is 1.74. The highest BCUT2D eigenvalue weighted by atomic mass is 127. The molecule has 0 radical (unpaired) electrons. The average Bonchev–Trinajstić information content (AvgIpc) is 3.01. The van der Waals surface area contributed by atoms with Gasteiger partial charge in [0.1, 0.15) is 5.76 Å². The average molecular weight is 396 g/mol. The molecule has 1 aromatic heterocycles. The van der Waals surface area contributed by atoms with E-state index in [1.165, 1.54) is 0 Å². The summed E-state index contributed by atoms with van der Waals surface area (Å²) in [5.41, 5.74) is 1.69. The largest absolute Gasteiger partial charge is 0.467 e. The molecule has 0 unspecified atom stereocenters. The molecule has 1 heterocycles. The van der Waals surface area contributed by atoms with Gasteiger partial charge < -0.3 is 15.1 Å². The van der Waals surface area contributed by atoms with Crippen molar-refractivity contribution in [3.8, 4) is 6.07 Å². The smallest absolute Gasteiger partial charge is 0.191 e. The first-order valence-corrected chi connectivity index (χ1v) is 6.28. The summed E-state index contributed by atoms with van der Waals surface area (Å²) in [5, 5.41) is 15.2. The molecular weight excluding hydrogens is 379 g/mol. The molecule has 21 heavy (non-hydrogen) atoms. The Balaban J connectivity index is 0.00000220. The van der Waals surface area contributed by atoms with E-state index < -0.39 is 0 Å². The summed E-state index contributed by atoms with van der Waals surface area (Å²) in [6.45, 7) is 1.18. The quantitative estimate of drug-likeness (QED) is 0.474. The molecule has 0 saturated heterocycles. The van der Waals surface area contributed by atoms with Crippen LogP contribution in [0.4, 0.5) is 0 Å². The fraction of sp³-hybridized carbons (Fsp3) is 0.200. The van der Waals surface area contributed by atoms with E-state index in [-0.39, 0.29) is 24.0 Å². The van der Waals surface area contributed by atoms with E-state index in [1.54, 1.807) is 19.4 Å². The number of nitriles is 1. The molecule has 1 aromatic carbocycles. The molecule has 0 atom stereocenters. The zero-order chi connectivity index (χ0) is 14.2. The third-order valence-corrected chi connectivity index (χ3v) is 2.75. The van der Waals surface area contributed by atoms with Crippen molar-refractivity contribution in [3.63, 3.8) is 0 Å². The summed E-state index contributed by atoms with van der Waals surface area (Å²) >= 11 is 0. The number of nitrogens with one attached hydrogen (secondary N) is 2. The van der Waals surface area contributed by atoms with Gasteiger partial charge in [-0.15, -0.1) is 24.0 Å². The van der Waals surface area contributed by atoms with Crippen LogP contribution in [0.2, 0.25) is 0 Å². The molecule has 2 aromatic rings. The maximum absolute atomic E-state index is 8.86. The second-order valence-electron chi connectivity index (χ2n) is 4.17. The highest BCUT2D eigenvalue weighted by Crippen LogP contribution is 2.03. The Morgan fingerprint density at radius 3 is 2.71 bits per heavy atom. The molecule has 0 fully saturated rings. The summed E-state index contributed by atoms with van der Waals surface area (Å²) in [5.74, 6) is 1.53. The zero-order valence-electron chi connectivity index (χ0n) is 11.7. The Kier molecular flexibility index (Phi) is 7.32. The van der Waals surface area contributed by atoms with Crippen molar-refractivity contribution < 1.29 is 4.42 Å². The number of nitrogens with zero attached hydrogens (tertiary/aromatic N) is 2. The maximum atomic E-state index is 8.86. The zero-order valence-corrected chi connectivity index (χ0v) is 14.0. The molecule has 0 aliphatic heterocycles. The van der Waals surface area contributed by atoms with E-state index in [2.05, 4.69) is 21.7 Å². The lowest BCUT2D eigenvalue weighted by molar-refractivity contribution is 0.501. The second kappa shape index (κ2) is 9.02. The standard InChI is InChI=1S/C15H16N4O.HI/c1-17-15(19-11-14-6-3-7-20-14)18-10-13-5-2-4-12(8-13)9-16;/h2-8H,10-11H2,1H3,(H2,17,18,19);1H. The SMILES string of the molecule is CN=C(NCc1cccc(C#N)c1)NCc1ccco1.I. The monoisotopic (exact) mass is 396 g/mol. The molecule has 2 N–H and O–H groups in total. The second-order valence-corrected chi connectivity index (χ2v) is 4.17. The van der Waals surface area contributed by atoms with Gasteiger partial charge >= 0.3 is 0 Å². The van der Waals surface area contributed by atoms with Crippen LogP contribution in [0, 0.1) is 11.3 Å². The van der Waals surface area contributed by atoms with Crippen LogP contribution in [0.15, 0.2) is 52.1 Å². The Bertz CT molecular complexity index is 617. The van der Waals surface area contributed by atoms with Gasteiger partial charge in [0.05, 0.1) is 24.4 Å². The van der Waals surface area contributed by atoms with Crippen molar-refractivity contribution in [1.29, 1.82) is 5.26 Å². The van der Waals surface area contributed by atoms with Crippen molar-refractivity contribution in [2.45, 2.75) is 13.1 Å². The molecule has 0 aliphatic rings. The summed E-state index contributed by atoms with van der Waals surface area (Å²) in [6, 6.07) is 13.3. The van der Waals surface area contributed by atoms with Crippen LogP contribution < -0.4 is 10.6 Å². The molecule has 0 bridgehead atoms. The van der Waals surface area contributed by atoms with Crippen molar-refractivity contribution in [1.82, 2.24) is 10.6 Å². The minimum absolute atomic E-state index is 0. The van der Waals surface area contributed by atoms with Crippen molar-refractivity contribution >= 4 is 29.9 Å². The van der Waals surface area contributed by atoms with Crippen LogP contribution in [0.3, 0.4) is 0 Å². The first-order chi connectivity index (χ1) is 9.81. The summed E-state index contributed by atoms with van der Waals surface area (Å²) in [6.07, 6.45) is 1.64. The van der Waals surface area contributed by atoms with Gasteiger partial charge in [0.2, 0.25) is 0 Å². The number of furan rings is 1. The Morgan fingerprint density at radius 2 is 2.05 bits per heavy atom. The maximum Gasteiger partial charge on any atom is 0.191 e. The molecule has 110 valence electrons. The van der Waals surface area contributed by atoms with Crippen LogP contribution in [0.1, 0.15) is 16.9 Å². The third kappa shape index (κ3) is 5.47. The predicted octanol–water partition coefficient (Wildman–Crippen LogP) is 2.63. The Labute approximate surface area is 141 Å². The molecule has 0 spiro atoms. The van der Waals surface area contributed by atoms with E-state index in [0.29, 0.717) is 24.6 Å². The van der Waals surface area contributed by atoms with E-state index in [4.69, 9.17) is 9.68 Å². The van der Waals surface area contributed by atoms with Crippen LogP contribution in [-0.2, 0) is 13.1 Å². The number of guanidine groups is 1. The number of halogens is 1. The van der Waals surface area contributed by atoms with E-state index in [9.17, 15) is 0 Å². The summed E-state index contributed by atoms with van der Waals surface area (Å²) in [7, 11) is 1.71. The minimum atomic E-state index is 0. The molecule has 0 aliphatic carbocycles. The third-order valence-electron chi connectivity index (χ3n) is 2.75. The molecular formula is C15H17IN4O. The van der Waals surface area contributed by atoms with Crippen LogP contribution in [0.25, 0.3) is 0 Å². The van der Waals surface area contributed by atoms with Gasteiger partial charge in [0.25, 0.3) is 0 Å². The van der Waals surface area contributed by atoms with Gasteiger partial charge in [0, 0.05) is 13.6 Å². The van der Waals surface area contributed by atoms with Crippen LogP contribution >= 0.6 is 24.0 Å². The number of rotatable bonds is 4. The van der Waals surface area contributed by atoms with Crippen molar-refractivity contribution in [3.05, 3.63) is 59.5 Å². The first kappa shape index (κ1) is 17.0. The lowest BCUT2D eigenvalue weighted by Gasteiger charge is -2.11. The van der Waals surface area contributed by atoms with Crippen LogP contribution in [-0.4, -0.2) is 13.0 Å². The van der Waals surface area contributed by atoms with Crippen molar-refractivity contribution in [2.24, 2.45) is 4.99 Å². The van der Waals surface area contributed by atoms with Gasteiger partial charge in [0.15, 0.2) is 5.96 Å². The predicted molar refractivity (Wildman–Crippen MR) is 92.3 cm³/mol. The van der Waals surface area contributed by atoms with Gasteiger partial charge in [-0.2, -0.15) is 5.26 Å². The molecule has 6 heteroatoms. The lowest BCUT2D eigenvalue weighted by atomic mass is 10.1. The molecule has 2 rings (SSSR count). The number of aliphatic imine (C=N–C) groups is 1. The molecule has 5 nitrogen and oxygen atoms in total. The Morgan fingerprint density at radius 1 is 1.24 bits per heavy atom. The Hall–Kier alpha value is -2.01. The van der Waals surface area contributed by atoms with Gasteiger partial charge in [-0.05, 0) is 29.8 Å². The van der Waals surface area contributed by atoms with Gasteiger partial charge in [-0.3, -0.25) is 4.99 Å². The normalized spacial score (nSPS) is 10.4.